The zero-order valence-corrected chi connectivity index (χ0v) is 12.3. The van der Waals surface area contributed by atoms with Crippen molar-refractivity contribution >= 4 is 11.8 Å². The third kappa shape index (κ3) is 2.42. The maximum Gasteiger partial charge on any atom is 0.246 e. The lowest BCUT2D eigenvalue weighted by Crippen LogP contribution is -2.69. The van der Waals surface area contributed by atoms with Crippen LogP contribution in [0.3, 0.4) is 0 Å². The number of piperazine rings is 1. The van der Waals surface area contributed by atoms with Crippen molar-refractivity contribution in [3.05, 3.63) is 35.9 Å². The number of hydrogen-bond acceptors (Lipinski definition) is 2. The summed E-state index contributed by atoms with van der Waals surface area (Å²) in [6.07, 6.45) is 1.16. The lowest BCUT2D eigenvalue weighted by Gasteiger charge is -2.45. The molecule has 2 amide bonds. The van der Waals surface area contributed by atoms with Crippen LogP contribution in [0.4, 0.5) is 0 Å². The lowest BCUT2D eigenvalue weighted by molar-refractivity contribution is -0.156. The topological polar surface area (TPSA) is 49.4 Å². The van der Waals surface area contributed by atoms with E-state index >= 15 is 0 Å². The highest BCUT2D eigenvalue weighted by molar-refractivity contribution is 5.99. The fraction of sp³-hybridized carbons (Fsp3) is 0.500. The first-order chi connectivity index (χ1) is 9.52. The molecule has 108 valence electrons. The van der Waals surface area contributed by atoms with E-state index in [1.807, 2.05) is 51.1 Å². The van der Waals surface area contributed by atoms with Crippen LogP contribution in [0.5, 0.6) is 0 Å². The van der Waals surface area contributed by atoms with Crippen molar-refractivity contribution < 1.29 is 9.59 Å². The molecule has 4 nitrogen and oxygen atoms in total. The Morgan fingerprint density at radius 2 is 1.85 bits per heavy atom. The van der Waals surface area contributed by atoms with Gasteiger partial charge in [-0.3, -0.25) is 9.59 Å². The number of rotatable bonds is 4. The van der Waals surface area contributed by atoms with Gasteiger partial charge in [-0.05, 0) is 25.8 Å². The first-order valence-corrected chi connectivity index (χ1v) is 7.19. The summed E-state index contributed by atoms with van der Waals surface area (Å²) in [6, 6.07) is 9.32. The summed E-state index contributed by atoms with van der Waals surface area (Å²) < 4.78 is 0. The summed E-state index contributed by atoms with van der Waals surface area (Å²) in [4.78, 5) is 26.7. The van der Waals surface area contributed by atoms with Crippen LogP contribution >= 0.6 is 0 Å². The Kier molecular flexibility index (Phi) is 4.12. The molecule has 0 radical (unpaired) electrons. The normalized spacial score (nSPS) is 26.6. The molecule has 1 aromatic carbocycles. The van der Waals surface area contributed by atoms with Gasteiger partial charge >= 0.3 is 0 Å². The van der Waals surface area contributed by atoms with Gasteiger partial charge in [0.1, 0.15) is 11.6 Å². The van der Waals surface area contributed by atoms with Crippen molar-refractivity contribution in [2.75, 3.05) is 6.54 Å². The van der Waals surface area contributed by atoms with Crippen LogP contribution < -0.4 is 5.32 Å². The monoisotopic (exact) mass is 274 g/mol. The molecule has 1 heterocycles. The Balaban J connectivity index is 2.22. The second kappa shape index (κ2) is 5.65. The van der Waals surface area contributed by atoms with Crippen LogP contribution in [0.15, 0.2) is 30.3 Å². The van der Waals surface area contributed by atoms with Gasteiger partial charge in [-0.2, -0.15) is 0 Å². The molecule has 1 aliphatic rings. The summed E-state index contributed by atoms with van der Waals surface area (Å²) in [5, 5.41) is 2.89. The van der Waals surface area contributed by atoms with E-state index in [9.17, 15) is 9.59 Å². The fourth-order valence-corrected chi connectivity index (χ4v) is 2.77. The zero-order valence-electron chi connectivity index (χ0n) is 12.3. The number of nitrogens with zero attached hydrogens (tertiary/aromatic N) is 1. The van der Waals surface area contributed by atoms with Crippen LogP contribution in [0.1, 0.15) is 32.8 Å². The van der Waals surface area contributed by atoms with E-state index in [1.54, 1.807) is 4.90 Å². The molecule has 0 spiro atoms. The molecule has 1 fully saturated rings. The van der Waals surface area contributed by atoms with E-state index < -0.39 is 11.6 Å². The molecule has 4 heteroatoms. The maximum atomic E-state index is 12.6. The molecule has 2 rings (SSSR count). The van der Waals surface area contributed by atoms with Crippen LogP contribution in [0, 0.1) is 0 Å². The molecule has 0 saturated carbocycles. The summed E-state index contributed by atoms with van der Waals surface area (Å²) in [6.45, 7) is 6.25. The molecule has 0 aromatic heterocycles. The average molecular weight is 274 g/mol. The van der Waals surface area contributed by atoms with Crippen LogP contribution in [0.25, 0.3) is 0 Å². The third-order valence-electron chi connectivity index (χ3n) is 4.24. The standard InChI is InChI=1S/C16H22N2O2/c1-4-16(3)15(20)17-13(14(19)18(16)5-2)11-12-9-7-6-8-10-12/h6-10,13H,4-5,11H2,1-3H3,(H,17,20). The van der Waals surface area contributed by atoms with Crippen LogP contribution in [0.2, 0.25) is 0 Å². The largest absolute Gasteiger partial charge is 0.342 e. The highest BCUT2D eigenvalue weighted by Crippen LogP contribution is 2.25. The minimum atomic E-state index is -0.723. The first-order valence-electron chi connectivity index (χ1n) is 7.19. The van der Waals surface area contributed by atoms with Crippen molar-refractivity contribution in [1.29, 1.82) is 0 Å². The van der Waals surface area contributed by atoms with Gasteiger partial charge in [0.2, 0.25) is 11.8 Å². The Morgan fingerprint density at radius 1 is 1.20 bits per heavy atom. The molecule has 1 N–H and O–H groups in total. The predicted octanol–water partition coefficient (Wildman–Crippen LogP) is 1.74. The highest BCUT2D eigenvalue weighted by atomic mass is 16.2. The molecule has 1 saturated heterocycles. The Morgan fingerprint density at radius 3 is 2.40 bits per heavy atom. The van der Waals surface area contributed by atoms with Crippen molar-refractivity contribution in [2.24, 2.45) is 0 Å². The van der Waals surface area contributed by atoms with E-state index in [2.05, 4.69) is 5.32 Å². The zero-order chi connectivity index (χ0) is 14.8. The number of likely N-dealkylation sites (N-methyl/N-ethyl adjacent to an activating group) is 1. The SMILES string of the molecule is CCN1C(=O)C(Cc2ccccc2)NC(=O)C1(C)CC. The van der Waals surface area contributed by atoms with Gasteiger partial charge in [-0.15, -0.1) is 0 Å². The number of amides is 2. The number of benzene rings is 1. The summed E-state index contributed by atoms with van der Waals surface area (Å²) >= 11 is 0. The predicted molar refractivity (Wildman–Crippen MR) is 78.2 cm³/mol. The average Bonchev–Trinajstić information content (AvgIpc) is 2.46. The van der Waals surface area contributed by atoms with Crippen LogP contribution in [-0.2, 0) is 16.0 Å². The minimum Gasteiger partial charge on any atom is -0.342 e. The van der Waals surface area contributed by atoms with Crippen molar-refractivity contribution in [1.82, 2.24) is 10.2 Å². The number of nitrogens with one attached hydrogen (secondary N) is 1. The van der Waals surface area contributed by atoms with Gasteiger partial charge < -0.3 is 10.2 Å². The van der Waals surface area contributed by atoms with Gasteiger partial charge in [0.25, 0.3) is 0 Å². The number of carbonyl (C=O) groups is 2. The number of hydrogen-bond donors (Lipinski definition) is 1. The van der Waals surface area contributed by atoms with Crippen LogP contribution in [-0.4, -0.2) is 34.8 Å². The van der Waals surface area contributed by atoms with Gasteiger partial charge in [-0.1, -0.05) is 37.3 Å². The van der Waals surface area contributed by atoms with Crippen molar-refractivity contribution in [3.8, 4) is 0 Å². The fourth-order valence-electron chi connectivity index (χ4n) is 2.77. The van der Waals surface area contributed by atoms with Gasteiger partial charge in [0.15, 0.2) is 0 Å². The Bertz CT molecular complexity index is 500. The smallest absolute Gasteiger partial charge is 0.246 e. The Hall–Kier alpha value is -1.84. The first kappa shape index (κ1) is 14.6. The quantitative estimate of drug-likeness (QED) is 0.909. The van der Waals surface area contributed by atoms with E-state index in [0.717, 1.165) is 5.56 Å². The molecule has 2 unspecified atom stereocenters. The molecule has 0 aliphatic carbocycles. The summed E-state index contributed by atoms with van der Waals surface area (Å²) in [5.74, 6) is -0.0392. The molecule has 2 atom stereocenters. The second-order valence-electron chi connectivity index (χ2n) is 5.43. The van der Waals surface area contributed by atoms with E-state index in [4.69, 9.17) is 0 Å². The number of carbonyl (C=O) groups excluding carboxylic acids is 2. The van der Waals surface area contributed by atoms with E-state index in [1.165, 1.54) is 0 Å². The highest BCUT2D eigenvalue weighted by Gasteiger charge is 2.47. The maximum absolute atomic E-state index is 12.6. The Labute approximate surface area is 120 Å². The minimum absolute atomic E-state index is 0.0142. The van der Waals surface area contributed by atoms with Gasteiger partial charge in [-0.25, -0.2) is 0 Å². The second-order valence-corrected chi connectivity index (χ2v) is 5.43. The molecule has 0 bridgehead atoms. The summed E-state index contributed by atoms with van der Waals surface area (Å²) in [7, 11) is 0. The van der Waals surface area contributed by atoms with E-state index in [-0.39, 0.29) is 11.8 Å². The van der Waals surface area contributed by atoms with Crippen molar-refractivity contribution in [2.45, 2.75) is 45.2 Å². The van der Waals surface area contributed by atoms with E-state index in [0.29, 0.717) is 19.4 Å². The molecule has 20 heavy (non-hydrogen) atoms. The molecular weight excluding hydrogens is 252 g/mol. The van der Waals surface area contributed by atoms with Crippen molar-refractivity contribution in [3.63, 3.8) is 0 Å². The lowest BCUT2D eigenvalue weighted by atomic mass is 9.89. The molecule has 1 aliphatic heterocycles. The summed E-state index contributed by atoms with van der Waals surface area (Å²) in [5.41, 5.74) is 0.334. The molecular formula is C16H22N2O2. The van der Waals surface area contributed by atoms with Gasteiger partial charge in [0.05, 0.1) is 0 Å². The molecule has 1 aromatic rings. The van der Waals surface area contributed by atoms with Gasteiger partial charge in [0, 0.05) is 13.0 Å². The third-order valence-corrected chi connectivity index (χ3v) is 4.24.